The van der Waals surface area contributed by atoms with Gasteiger partial charge in [0.2, 0.25) is 0 Å². The summed E-state index contributed by atoms with van der Waals surface area (Å²) in [5, 5.41) is 9.97. The maximum absolute atomic E-state index is 13.2. The fourth-order valence-electron chi connectivity index (χ4n) is 1.78. The Labute approximate surface area is 109 Å². The van der Waals surface area contributed by atoms with Crippen LogP contribution in [-0.2, 0) is 6.18 Å². The first-order valence-corrected chi connectivity index (χ1v) is 5.75. The molecule has 1 aromatic rings. The molecule has 0 heterocycles. The van der Waals surface area contributed by atoms with Crippen molar-refractivity contribution in [2.45, 2.75) is 39.1 Å². The van der Waals surface area contributed by atoms with Crippen molar-refractivity contribution in [1.29, 1.82) is 0 Å². The second-order valence-electron chi connectivity index (χ2n) is 5.57. The van der Waals surface area contributed by atoms with Gasteiger partial charge in [-0.15, -0.1) is 0 Å². The average molecular weight is 279 g/mol. The molecule has 19 heavy (non-hydrogen) atoms. The van der Waals surface area contributed by atoms with Crippen LogP contribution in [0, 0.1) is 11.2 Å². The van der Waals surface area contributed by atoms with Gasteiger partial charge >= 0.3 is 6.18 Å². The van der Waals surface area contributed by atoms with Crippen LogP contribution in [0.1, 0.15) is 37.9 Å². The molecule has 0 aromatic heterocycles. The topological polar surface area (TPSA) is 46.2 Å². The van der Waals surface area contributed by atoms with Crippen molar-refractivity contribution in [2.24, 2.45) is 11.1 Å². The first kappa shape index (κ1) is 15.9. The zero-order valence-electron chi connectivity index (χ0n) is 10.9. The van der Waals surface area contributed by atoms with E-state index in [0.717, 1.165) is 12.1 Å². The normalized spacial score (nSPS) is 16.3. The van der Waals surface area contributed by atoms with Gasteiger partial charge in [-0.25, -0.2) is 4.39 Å². The van der Waals surface area contributed by atoms with Gasteiger partial charge in [-0.2, -0.15) is 13.2 Å². The number of hydrogen-bond acceptors (Lipinski definition) is 2. The minimum atomic E-state index is -4.64. The summed E-state index contributed by atoms with van der Waals surface area (Å²) in [7, 11) is 0. The second-order valence-corrected chi connectivity index (χ2v) is 5.57. The number of halogens is 4. The van der Waals surface area contributed by atoms with Crippen molar-refractivity contribution >= 4 is 0 Å². The third-order valence-corrected chi connectivity index (χ3v) is 2.91. The Hall–Kier alpha value is -1.14. The van der Waals surface area contributed by atoms with Crippen LogP contribution in [-0.4, -0.2) is 11.2 Å². The largest absolute Gasteiger partial charge is 0.416 e. The fraction of sp³-hybridized carbons (Fsp3) is 0.538. The first-order valence-electron chi connectivity index (χ1n) is 5.75. The summed E-state index contributed by atoms with van der Waals surface area (Å²) in [6.07, 6.45) is -5.87. The van der Waals surface area contributed by atoms with Gasteiger partial charge in [0.1, 0.15) is 5.82 Å². The van der Waals surface area contributed by atoms with Crippen molar-refractivity contribution in [3.05, 3.63) is 35.1 Å². The van der Waals surface area contributed by atoms with Crippen LogP contribution < -0.4 is 5.73 Å². The lowest BCUT2D eigenvalue weighted by Gasteiger charge is -2.32. The van der Waals surface area contributed by atoms with Gasteiger partial charge in [0, 0.05) is 0 Å². The van der Waals surface area contributed by atoms with E-state index in [1.165, 1.54) is 0 Å². The molecular weight excluding hydrogens is 262 g/mol. The third-order valence-electron chi connectivity index (χ3n) is 2.91. The molecule has 3 N–H and O–H groups in total. The van der Waals surface area contributed by atoms with E-state index < -0.39 is 40.7 Å². The minimum absolute atomic E-state index is 0.435. The molecule has 108 valence electrons. The van der Waals surface area contributed by atoms with Crippen molar-refractivity contribution in [3.8, 4) is 0 Å². The average Bonchev–Trinajstić information content (AvgIpc) is 2.24. The van der Waals surface area contributed by atoms with Crippen molar-refractivity contribution in [3.63, 3.8) is 0 Å². The van der Waals surface area contributed by atoms with E-state index in [4.69, 9.17) is 5.73 Å². The van der Waals surface area contributed by atoms with E-state index in [0.29, 0.717) is 6.07 Å². The van der Waals surface area contributed by atoms with Gasteiger partial charge in [-0.1, -0.05) is 20.8 Å². The molecule has 2 atom stereocenters. The van der Waals surface area contributed by atoms with Crippen molar-refractivity contribution in [1.82, 2.24) is 0 Å². The minimum Gasteiger partial charge on any atom is -0.391 e. The van der Waals surface area contributed by atoms with Crippen LogP contribution in [0.3, 0.4) is 0 Å². The number of aliphatic hydroxyl groups is 1. The first-order chi connectivity index (χ1) is 8.44. The maximum Gasteiger partial charge on any atom is 0.416 e. The Balaban J connectivity index is 3.29. The molecule has 0 bridgehead atoms. The van der Waals surface area contributed by atoms with Gasteiger partial charge < -0.3 is 10.8 Å². The van der Waals surface area contributed by atoms with Gasteiger partial charge in [-0.05, 0) is 29.2 Å². The third kappa shape index (κ3) is 3.67. The predicted molar refractivity (Wildman–Crippen MR) is 63.8 cm³/mol. The number of alkyl halides is 3. The van der Waals surface area contributed by atoms with E-state index in [9.17, 15) is 22.7 Å². The lowest BCUT2D eigenvalue weighted by molar-refractivity contribution is -0.138. The zero-order valence-corrected chi connectivity index (χ0v) is 10.9. The van der Waals surface area contributed by atoms with Crippen LogP contribution in [0.4, 0.5) is 17.6 Å². The van der Waals surface area contributed by atoms with Crippen LogP contribution in [0.25, 0.3) is 0 Å². The quantitative estimate of drug-likeness (QED) is 0.816. The van der Waals surface area contributed by atoms with Gasteiger partial charge in [-0.3, -0.25) is 0 Å². The molecule has 0 amide bonds. The summed E-state index contributed by atoms with van der Waals surface area (Å²) < 4.78 is 51.7. The molecule has 0 unspecified atom stereocenters. The number of aliphatic hydroxyl groups excluding tert-OH is 1. The Morgan fingerprint density at radius 2 is 1.68 bits per heavy atom. The van der Waals surface area contributed by atoms with E-state index in [2.05, 4.69) is 0 Å². The van der Waals surface area contributed by atoms with E-state index in [-0.39, 0.29) is 0 Å². The van der Waals surface area contributed by atoms with Gasteiger partial charge in [0.25, 0.3) is 0 Å². The van der Waals surface area contributed by atoms with E-state index in [1.807, 2.05) is 0 Å². The summed E-state index contributed by atoms with van der Waals surface area (Å²) >= 11 is 0. The molecule has 6 heteroatoms. The lowest BCUT2D eigenvalue weighted by Crippen LogP contribution is -2.38. The monoisotopic (exact) mass is 279 g/mol. The predicted octanol–water partition coefficient (Wildman–Crippen LogP) is 3.25. The Morgan fingerprint density at radius 3 is 2.11 bits per heavy atom. The maximum atomic E-state index is 13.2. The summed E-state index contributed by atoms with van der Waals surface area (Å²) in [4.78, 5) is 0. The molecule has 0 saturated carbocycles. The van der Waals surface area contributed by atoms with Gasteiger partial charge in [0.05, 0.1) is 17.7 Å². The molecule has 0 fully saturated rings. The number of rotatable bonds is 2. The molecular formula is C13H17F4NO. The molecule has 0 spiro atoms. The van der Waals surface area contributed by atoms with Crippen molar-refractivity contribution < 1.29 is 22.7 Å². The fourth-order valence-corrected chi connectivity index (χ4v) is 1.78. The molecule has 1 rings (SSSR count). The van der Waals surface area contributed by atoms with Crippen molar-refractivity contribution in [2.75, 3.05) is 0 Å². The molecule has 2 nitrogen and oxygen atoms in total. The highest BCUT2D eigenvalue weighted by Gasteiger charge is 2.38. The van der Waals surface area contributed by atoms with E-state index in [1.54, 1.807) is 20.8 Å². The Kier molecular flexibility index (Phi) is 4.27. The summed E-state index contributed by atoms with van der Waals surface area (Å²) in [6.45, 7) is 4.93. The number of benzene rings is 1. The highest BCUT2D eigenvalue weighted by atomic mass is 19.4. The SMILES string of the molecule is CC(C)(C)[C@@H](O)[C@@H](N)c1cc(F)ccc1C(F)(F)F. The van der Waals surface area contributed by atoms with Crippen LogP contribution >= 0.6 is 0 Å². The molecule has 0 radical (unpaired) electrons. The second kappa shape index (κ2) is 5.09. The van der Waals surface area contributed by atoms with Gasteiger partial charge in [0.15, 0.2) is 0 Å². The number of nitrogens with two attached hydrogens (primary N) is 1. The van der Waals surface area contributed by atoms with Crippen LogP contribution in [0.5, 0.6) is 0 Å². The molecule has 1 aromatic carbocycles. The Morgan fingerprint density at radius 1 is 1.16 bits per heavy atom. The molecule has 0 aliphatic carbocycles. The molecule has 0 saturated heterocycles. The molecule has 0 aliphatic rings. The lowest BCUT2D eigenvalue weighted by atomic mass is 9.81. The summed E-state index contributed by atoms with van der Waals surface area (Å²) in [5.41, 5.74) is 3.50. The number of hydrogen-bond donors (Lipinski definition) is 2. The smallest absolute Gasteiger partial charge is 0.391 e. The summed E-state index contributed by atoms with van der Waals surface area (Å²) in [5.74, 6) is -0.820. The summed E-state index contributed by atoms with van der Waals surface area (Å²) in [6, 6.07) is 0.776. The van der Waals surface area contributed by atoms with E-state index >= 15 is 0 Å². The van der Waals surface area contributed by atoms with Crippen LogP contribution in [0.15, 0.2) is 18.2 Å². The Bertz CT molecular complexity index is 451. The zero-order chi connectivity index (χ0) is 15.0. The van der Waals surface area contributed by atoms with Crippen LogP contribution in [0.2, 0.25) is 0 Å². The highest BCUT2D eigenvalue weighted by Crippen LogP contribution is 2.37. The highest BCUT2D eigenvalue weighted by molar-refractivity contribution is 5.33. The molecule has 0 aliphatic heterocycles. The standard InChI is InChI=1S/C13H17F4NO/c1-12(2,3)11(19)10(18)8-6-7(14)4-5-9(8)13(15,16)17/h4-6,10-11,19H,18H2,1-3H3/t10-,11-/m0/s1.